The summed E-state index contributed by atoms with van der Waals surface area (Å²) in [6.45, 7) is 3.01. The molecule has 0 bridgehead atoms. The van der Waals surface area contributed by atoms with Crippen molar-refractivity contribution in [3.05, 3.63) is 48.3 Å². The van der Waals surface area contributed by atoms with Gasteiger partial charge in [-0.05, 0) is 32.5 Å². The lowest BCUT2D eigenvalue weighted by Crippen LogP contribution is -2.29. The van der Waals surface area contributed by atoms with E-state index in [4.69, 9.17) is 4.74 Å². The highest BCUT2D eigenvalue weighted by molar-refractivity contribution is 5.31. The number of para-hydroxylation sites is 1. The summed E-state index contributed by atoms with van der Waals surface area (Å²) in [5.74, 6) is 0.508. The molecule has 1 N–H and O–H groups in total. The third kappa shape index (κ3) is 2.49. The van der Waals surface area contributed by atoms with Crippen LogP contribution in [0.2, 0.25) is 0 Å². The maximum absolute atomic E-state index is 5.69. The monoisotopic (exact) mass is 271 g/mol. The highest BCUT2D eigenvalue weighted by atomic mass is 16.5. The molecule has 1 aromatic heterocycles. The van der Waals surface area contributed by atoms with Gasteiger partial charge in [-0.1, -0.05) is 18.2 Å². The number of benzene rings is 1. The first kappa shape index (κ1) is 13.3. The van der Waals surface area contributed by atoms with Crippen molar-refractivity contribution in [1.29, 1.82) is 0 Å². The van der Waals surface area contributed by atoms with Crippen LogP contribution < -0.4 is 5.32 Å². The highest BCUT2D eigenvalue weighted by Crippen LogP contribution is 2.33. The molecule has 106 valence electrons. The van der Waals surface area contributed by atoms with Gasteiger partial charge in [0.05, 0.1) is 18.0 Å². The second kappa shape index (κ2) is 5.77. The average Bonchev–Trinajstić information content (AvgIpc) is 3.12. The summed E-state index contributed by atoms with van der Waals surface area (Å²) in [6.07, 6.45) is 5.47. The minimum atomic E-state index is 0.296. The maximum atomic E-state index is 5.69. The molecule has 0 aliphatic carbocycles. The van der Waals surface area contributed by atoms with E-state index in [-0.39, 0.29) is 0 Å². The van der Waals surface area contributed by atoms with E-state index in [9.17, 15) is 0 Å². The summed E-state index contributed by atoms with van der Waals surface area (Å²) >= 11 is 0. The molecule has 1 saturated heterocycles. The number of aromatic nitrogens is 2. The standard InChI is InChI=1S/C16H21N3O/c1-12-15(8-9-20-12)16(17-2)13-10-18-19(11-13)14-6-4-3-5-7-14/h3-7,10-12,15-17H,8-9H2,1-2H3. The van der Waals surface area contributed by atoms with Crippen molar-refractivity contribution in [2.45, 2.75) is 25.5 Å². The zero-order chi connectivity index (χ0) is 13.9. The van der Waals surface area contributed by atoms with Gasteiger partial charge in [0.15, 0.2) is 0 Å². The van der Waals surface area contributed by atoms with Gasteiger partial charge < -0.3 is 10.1 Å². The van der Waals surface area contributed by atoms with Gasteiger partial charge in [-0.25, -0.2) is 4.68 Å². The fourth-order valence-corrected chi connectivity index (χ4v) is 3.03. The van der Waals surface area contributed by atoms with Crippen molar-refractivity contribution < 1.29 is 4.74 Å². The molecule has 20 heavy (non-hydrogen) atoms. The molecule has 1 aliphatic rings. The van der Waals surface area contributed by atoms with E-state index in [0.717, 1.165) is 18.7 Å². The van der Waals surface area contributed by atoms with Crippen molar-refractivity contribution in [2.75, 3.05) is 13.7 Å². The number of ether oxygens (including phenoxy) is 1. The number of nitrogens with one attached hydrogen (secondary N) is 1. The van der Waals surface area contributed by atoms with Crippen LogP contribution in [-0.4, -0.2) is 29.5 Å². The van der Waals surface area contributed by atoms with Crippen LogP contribution in [0.1, 0.15) is 24.9 Å². The predicted molar refractivity (Wildman–Crippen MR) is 78.9 cm³/mol. The Morgan fingerprint density at radius 1 is 1.35 bits per heavy atom. The lowest BCUT2D eigenvalue weighted by molar-refractivity contribution is 0.0963. The number of nitrogens with zero attached hydrogens (tertiary/aromatic N) is 2. The van der Waals surface area contributed by atoms with Crippen LogP contribution >= 0.6 is 0 Å². The molecule has 4 nitrogen and oxygen atoms in total. The zero-order valence-electron chi connectivity index (χ0n) is 12.0. The van der Waals surface area contributed by atoms with Crippen molar-refractivity contribution in [3.63, 3.8) is 0 Å². The first-order valence-corrected chi connectivity index (χ1v) is 7.18. The van der Waals surface area contributed by atoms with Crippen molar-refractivity contribution in [2.24, 2.45) is 5.92 Å². The first-order chi connectivity index (χ1) is 9.79. The van der Waals surface area contributed by atoms with Crippen LogP contribution in [-0.2, 0) is 4.74 Å². The molecule has 2 heterocycles. The Kier molecular flexibility index (Phi) is 3.85. The minimum absolute atomic E-state index is 0.296. The van der Waals surface area contributed by atoms with E-state index in [0.29, 0.717) is 18.1 Å². The Morgan fingerprint density at radius 2 is 2.15 bits per heavy atom. The van der Waals surface area contributed by atoms with Crippen LogP contribution in [0.15, 0.2) is 42.7 Å². The summed E-state index contributed by atoms with van der Waals surface area (Å²) in [4.78, 5) is 0. The van der Waals surface area contributed by atoms with Gasteiger partial charge in [-0.3, -0.25) is 0 Å². The Morgan fingerprint density at radius 3 is 2.80 bits per heavy atom. The average molecular weight is 271 g/mol. The summed E-state index contributed by atoms with van der Waals surface area (Å²) < 4.78 is 7.62. The Hall–Kier alpha value is -1.65. The smallest absolute Gasteiger partial charge is 0.0645 e. The highest BCUT2D eigenvalue weighted by Gasteiger charge is 2.32. The van der Waals surface area contributed by atoms with Crippen LogP contribution in [0.5, 0.6) is 0 Å². The van der Waals surface area contributed by atoms with Crippen LogP contribution in [0.4, 0.5) is 0 Å². The summed E-state index contributed by atoms with van der Waals surface area (Å²) in [7, 11) is 2.01. The van der Waals surface area contributed by atoms with Crippen molar-refractivity contribution in [1.82, 2.24) is 15.1 Å². The van der Waals surface area contributed by atoms with Crippen LogP contribution in [0, 0.1) is 5.92 Å². The van der Waals surface area contributed by atoms with E-state index >= 15 is 0 Å². The SMILES string of the molecule is CNC(c1cnn(-c2ccccc2)c1)C1CCOC1C. The molecule has 4 heteroatoms. The van der Waals surface area contributed by atoms with E-state index in [1.54, 1.807) is 0 Å². The van der Waals surface area contributed by atoms with E-state index < -0.39 is 0 Å². The third-order valence-corrected chi connectivity index (χ3v) is 4.16. The molecule has 3 atom stereocenters. The van der Waals surface area contributed by atoms with Gasteiger partial charge >= 0.3 is 0 Å². The molecule has 3 rings (SSSR count). The van der Waals surface area contributed by atoms with Gasteiger partial charge in [0.1, 0.15) is 0 Å². The normalized spacial score (nSPS) is 23.9. The largest absolute Gasteiger partial charge is 0.378 e. The molecule has 0 spiro atoms. The van der Waals surface area contributed by atoms with Gasteiger partial charge in [0.2, 0.25) is 0 Å². The molecule has 2 aromatic rings. The fourth-order valence-electron chi connectivity index (χ4n) is 3.03. The lowest BCUT2D eigenvalue weighted by atomic mass is 9.90. The van der Waals surface area contributed by atoms with E-state index in [1.807, 2.05) is 36.1 Å². The fraction of sp³-hybridized carbons (Fsp3) is 0.438. The molecule has 1 fully saturated rings. The van der Waals surface area contributed by atoms with Crippen LogP contribution in [0.3, 0.4) is 0 Å². The summed E-state index contributed by atoms with van der Waals surface area (Å²) in [6, 6.07) is 10.5. The van der Waals surface area contributed by atoms with Gasteiger partial charge in [0, 0.05) is 30.3 Å². The lowest BCUT2D eigenvalue weighted by Gasteiger charge is -2.24. The molecule has 3 unspecified atom stereocenters. The minimum Gasteiger partial charge on any atom is -0.378 e. The zero-order valence-corrected chi connectivity index (χ0v) is 12.0. The second-order valence-electron chi connectivity index (χ2n) is 5.35. The molecular formula is C16H21N3O. The van der Waals surface area contributed by atoms with Crippen LogP contribution in [0.25, 0.3) is 5.69 Å². The third-order valence-electron chi connectivity index (χ3n) is 4.16. The van der Waals surface area contributed by atoms with E-state index in [1.165, 1.54) is 5.56 Å². The number of rotatable bonds is 4. The quantitative estimate of drug-likeness (QED) is 0.929. The molecule has 0 amide bonds. The Bertz CT molecular complexity index is 552. The maximum Gasteiger partial charge on any atom is 0.0645 e. The number of hydrogen-bond acceptors (Lipinski definition) is 3. The van der Waals surface area contributed by atoms with Gasteiger partial charge in [-0.2, -0.15) is 5.10 Å². The molecule has 0 saturated carbocycles. The van der Waals surface area contributed by atoms with E-state index in [2.05, 4.69) is 35.7 Å². The van der Waals surface area contributed by atoms with Crippen molar-refractivity contribution >= 4 is 0 Å². The second-order valence-corrected chi connectivity index (χ2v) is 5.35. The summed E-state index contributed by atoms with van der Waals surface area (Å²) in [5, 5.41) is 7.91. The Labute approximate surface area is 119 Å². The van der Waals surface area contributed by atoms with Crippen molar-refractivity contribution in [3.8, 4) is 5.69 Å². The molecule has 1 aliphatic heterocycles. The molecule has 0 radical (unpaired) electrons. The van der Waals surface area contributed by atoms with Gasteiger partial charge in [0.25, 0.3) is 0 Å². The number of hydrogen-bond donors (Lipinski definition) is 1. The summed E-state index contributed by atoms with van der Waals surface area (Å²) in [5.41, 5.74) is 2.31. The predicted octanol–water partition coefficient (Wildman–Crippen LogP) is 2.56. The Balaban J connectivity index is 1.85. The topological polar surface area (TPSA) is 39.1 Å². The first-order valence-electron chi connectivity index (χ1n) is 7.18. The van der Waals surface area contributed by atoms with Gasteiger partial charge in [-0.15, -0.1) is 0 Å². The molecule has 1 aromatic carbocycles. The molecular weight excluding hydrogens is 250 g/mol.